The second-order valence-electron chi connectivity index (χ2n) is 7.09. The van der Waals surface area contributed by atoms with E-state index in [1.807, 2.05) is 30.3 Å². The van der Waals surface area contributed by atoms with Crippen LogP contribution in [0.1, 0.15) is 16.1 Å². The van der Waals surface area contributed by atoms with Crippen LogP contribution in [0.25, 0.3) is 27.7 Å². The van der Waals surface area contributed by atoms with Gasteiger partial charge in [0.15, 0.2) is 0 Å². The molecule has 0 N–H and O–H groups in total. The number of hydrogen-bond acceptors (Lipinski definition) is 6. The minimum absolute atomic E-state index is 0.266. The summed E-state index contributed by atoms with van der Waals surface area (Å²) in [6.07, 6.45) is 1.65. The molecule has 162 valence electrons. The molecule has 2 aromatic heterocycles. The van der Waals surface area contributed by atoms with Crippen molar-refractivity contribution in [2.45, 2.75) is 6.92 Å². The van der Waals surface area contributed by atoms with Crippen molar-refractivity contribution in [3.05, 3.63) is 82.4 Å². The van der Waals surface area contributed by atoms with Crippen LogP contribution in [0.3, 0.4) is 0 Å². The number of aryl methyl sites for hydroxylation is 1. The molecular formula is C25H22N2O5. The quantitative estimate of drug-likeness (QED) is 0.442. The molecule has 0 unspecified atom stereocenters. The number of fused-ring (bicyclic) bond motifs is 1. The minimum atomic E-state index is -0.549. The molecule has 0 aliphatic heterocycles. The smallest absolute Gasteiger partial charge is 0.340 e. The van der Waals surface area contributed by atoms with Crippen molar-refractivity contribution in [1.82, 2.24) is 9.55 Å². The highest BCUT2D eigenvalue weighted by molar-refractivity contribution is 6.07. The summed E-state index contributed by atoms with van der Waals surface area (Å²) in [7, 11) is 4.40. The van der Waals surface area contributed by atoms with Crippen LogP contribution in [-0.2, 0) is 4.74 Å². The molecule has 0 saturated heterocycles. The van der Waals surface area contributed by atoms with Gasteiger partial charge in [0, 0.05) is 17.8 Å². The predicted octanol–water partition coefficient (Wildman–Crippen LogP) is 4.16. The SMILES string of the molecule is COC(=O)c1c(C)nc2ccn(-c3ccc(OC)cc3OC)c(=O)c2c1-c1ccccc1. The van der Waals surface area contributed by atoms with Crippen LogP contribution < -0.4 is 15.0 Å². The van der Waals surface area contributed by atoms with Crippen LogP contribution in [0.2, 0.25) is 0 Å². The molecule has 0 bridgehead atoms. The lowest BCUT2D eigenvalue weighted by Crippen LogP contribution is -2.21. The van der Waals surface area contributed by atoms with Gasteiger partial charge in [0.1, 0.15) is 11.5 Å². The maximum Gasteiger partial charge on any atom is 0.340 e. The summed E-state index contributed by atoms with van der Waals surface area (Å²) in [5, 5.41) is 0.322. The fraction of sp³-hybridized carbons (Fsp3) is 0.160. The molecule has 2 aromatic carbocycles. The van der Waals surface area contributed by atoms with E-state index in [1.165, 1.54) is 18.8 Å². The Labute approximate surface area is 184 Å². The molecule has 0 aliphatic rings. The van der Waals surface area contributed by atoms with Crippen molar-refractivity contribution in [1.29, 1.82) is 0 Å². The molecule has 4 rings (SSSR count). The summed E-state index contributed by atoms with van der Waals surface area (Å²) in [6.45, 7) is 1.73. The zero-order valence-electron chi connectivity index (χ0n) is 18.2. The zero-order valence-corrected chi connectivity index (χ0v) is 18.2. The van der Waals surface area contributed by atoms with Gasteiger partial charge in [-0.15, -0.1) is 0 Å². The number of carbonyl (C=O) groups is 1. The predicted molar refractivity (Wildman–Crippen MR) is 122 cm³/mol. The molecule has 4 aromatic rings. The number of methoxy groups -OCH3 is 3. The van der Waals surface area contributed by atoms with Crippen LogP contribution in [0.5, 0.6) is 11.5 Å². The van der Waals surface area contributed by atoms with Crippen molar-refractivity contribution in [2.24, 2.45) is 0 Å². The van der Waals surface area contributed by atoms with Gasteiger partial charge in [0.2, 0.25) is 0 Å². The number of aromatic nitrogens is 2. The van der Waals surface area contributed by atoms with Gasteiger partial charge in [0.25, 0.3) is 5.56 Å². The highest BCUT2D eigenvalue weighted by atomic mass is 16.5. The van der Waals surface area contributed by atoms with Gasteiger partial charge in [-0.2, -0.15) is 0 Å². The summed E-state index contributed by atoms with van der Waals surface area (Å²) >= 11 is 0. The van der Waals surface area contributed by atoms with Gasteiger partial charge in [-0.05, 0) is 30.7 Å². The third-order valence-corrected chi connectivity index (χ3v) is 5.32. The lowest BCUT2D eigenvalue weighted by molar-refractivity contribution is 0.0600. The van der Waals surface area contributed by atoms with Crippen LogP contribution in [-0.4, -0.2) is 36.8 Å². The highest BCUT2D eigenvalue weighted by Gasteiger charge is 2.24. The molecule has 2 heterocycles. The van der Waals surface area contributed by atoms with E-state index in [0.29, 0.717) is 39.3 Å². The van der Waals surface area contributed by atoms with E-state index >= 15 is 0 Å². The summed E-state index contributed by atoms with van der Waals surface area (Å²) in [4.78, 5) is 31.0. The number of esters is 1. The Morgan fingerprint density at radius 3 is 2.38 bits per heavy atom. The standard InChI is InChI=1S/C25H22N2O5/c1-15-21(25(29)32-4)22(16-8-6-5-7-9-16)23-18(26-15)12-13-27(24(23)28)19-11-10-17(30-2)14-20(19)31-3/h5-14H,1-4H3. The monoisotopic (exact) mass is 430 g/mol. The van der Waals surface area contributed by atoms with Gasteiger partial charge in [-0.1, -0.05) is 30.3 Å². The molecule has 0 fully saturated rings. The van der Waals surface area contributed by atoms with Crippen molar-refractivity contribution in [3.8, 4) is 28.3 Å². The average molecular weight is 430 g/mol. The van der Waals surface area contributed by atoms with Crippen molar-refractivity contribution < 1.29 is 19.0 Å². The van der Waals surface area contributed by atoms with Crippen molar-refractivity contribution >= 4 is 16.9 Å². The number of nitrogens with zero attached hydrogens (tertiary/aromatic N) is 2. The van der Waals surface area contributed by atoms with Crippen molar-refractivity contribution in [2.75, 3.05) is 21.3 Å². The first-order valence-corrected chi connectivity index (χ1v) is 9.92. The maximum absolute atomic E-state index is 13.8. The molecule has 0 radical (unpaired) electrons. The highest BCUT2D eigenvalue weighted by Crippen LogP contribution is 2.33. The number of pyridine rings is 2. The second-order valence-corrected chi connectivity index (χ2v) is 7.09. The molecule has 0 aliphatic carbocycles. The van der Waals surface area contributed by atoms with Crippen molar-refractivity contribution in [3.63, 3.8) is 0 Å². The largest absolute Gasteiger partial charge is 0.497 e. The topological polar surface area (TPSA) is 79.7 Å². The summed E-state index contributed by atoms with van der Waals surface area (Å²) in [5.74, 6) is 0.530. The van der Waals surface area contributed by atoms with Crippen LogP contribution in [0, 0.1) is 6.92 Å². The van der Waals surface area contributed by atoms with E-state index in [0.717, 1.165) is 5.56 Å². The zero-order chi connectivity index (χ0) is 22.8. The Bertz CT molecular complexity index is 1380. The van der Waals surface area contributed by atoms with Gasteiger partial charge >= 0.3 is 5.97 Å². The Morgan fingerprint density at radius 1 is 0.969 bits per heavy atom. The first-order chi connectivity index (χ1) is 15.5. The number of carbonyl (C=O) groups excluding carboxylic acids is 1. The van der Waals surface area contributed by atoms with E-state index in [1.54, 1.807) is 44.5 Å². The van der Waals surface area contributed by atoms with Gasteiger partial charge in [-0.3, -0.25) is 14.3 Å². The molecule has 32 heavy (non-hydrogen) atoms. The van der Waals surface area contributed by atoms with Crippen LogP contribution in [0.4, 0.5) is 0 Å². The number of rotatable bonds is 5. The first kappa shape index (κ1) is 21.1. The number of hydrogen-bond donors (Lipinski definition) is 0. The fourth-order valence-corrected chi connectivity index (χ4v) is 3.82. The minimum Gasteiger partial charge on any atom is -0.497 e. The third kappa shape index (κ3) is 3.47. The third-order valence-electron chi connectivity index (χ3n) is 5.32. The average Bonchev–Trinajstić information content (AvgIpc) is 2.83. The lowest BCUT2D eigenvalue weighted by Gasteiger charge is -2.17. The molecule has 7 nitrogen and oxygen atoms in total. The number of benzene rings is 2. The van der Waals surface area contributed by atoms with Gasteiger partial charge in [0.05, 0.1) is 49.2 Å². The Kier molecular flexibility index (Phi) is 5.64. The lowest BCUT2D eigenvalue weighted by atomic mass is 9.95. The van der Waals surface area contributed by atoms with E-state index in [9.17, 15) is 9.59 Å². The van der Waals surface area contributed by atoms with Gasteiger partial charge in [-0.25, -0.2) is 4.79 Å². The molecule has 0 atom stereocenters. The second kappa shape index (κ2) is 8.55. The van der Waals surface area contributed by atoms with E-state index in [-0.39, 0.29) is 11.1 Å². The van der Waals surface area contributed by atoms with E-state index in [2.05, 4.69) is 4.98 Å². The van der Waals surface area contributed by atoms with E-state index in [4.69, 9.17) is 14.2 Å². The molecular weight excluding hydrogens is 408 g/mol. The van der Waals surface area contributed by atoms with Crippen LogP contribution >= 0.6 is 0 Å². The summed E-state index contributed by atoms with van der Waals surface area (Å²) in [5.41, 5.74) is 2.67. The Hall–Kier alpha value is -4.13. The Morgan fingerprint density at radius 2 is 1.72 bits per heavy atom. The summed E-state index contributed by atoms with van der Waals surface area (Å²) < 4.78 is 17.3. The van der Waals surface area contributed by atoms with E-state index < -0.39 is 5.97 Å². The molecule has 0 saturated carbocycles. The molecule has 7 heteroatoms. The first-order valence-electron chi connectivity index (χ1n) is 9.92. The molecule has 0 amide bonds. The Balaban J connectivity index is 2.12. The number of ether oxygens (including phenoxy) is 3. The summed E-state index contributed by atoms with van der Waals surface area (Å²) in [6, 6.07) is 16.2. The fourth-order valence-electron chi connectivity index (χ4n) is 3.82. The molecule has 0 spiro atoms. The normalized spacial score (nSPS) is 10.8. The van der Waals surface area contributed by atoms with Gasteiger partial charge < -0.3 is 14.2 Å². The maximum atomic E-state index is 13.8. The van der Waals surface area contributed by atoms with Crippen LogP contribution in [0.15, 0.2) is 65.6 Å².